The molecule has 0 aliphatic carbocycles. The van der Waals surface area contributed by atoms with Crippen molar-refractivity contribution in [2.45, 2.75) is 33.2 Å². The van der Waals surface area contributed by atoms with Gasteiger partial charge in [0.05, 0.1) is 0 Å². The zero-order valence-electron chi connectivity index (χ0n) is 12.6. The van der Waals surface area contributed by atoms with Crippen LogP contribution in [0.2, 0.25) is 0 Å². The van der Waals surface area contributed by atoms with Gasteiger partial charge in [0.25, 0.3) is 5.91 Å². The van der Waals surface area contributed by atoms with Crippen molar-refractivity contribution in [3.8, 4) is 0 Å². The van der Waals surface area contributed by atoms with Crippen LogP contribution in [0.15, 0.2) is 40.8 Å². The largest absolute Gasteiger partial charge is 0.456 e. The molecule has 21 heavy (non-hydrogen) atoms. The Morgan fingerprint density at radius 1 is 1.19 bits per heavy atom. The molecule has 112 valence electrons. The number of carbonyl (C=O) groups excluding carboxylic acids is 1. The summed E-state index contributed by atoms with van der Waals surface area (Å²) >= 11 is 0. The van der Waals surface area contributed by atoms with E-state index in [0.29, 0.717) is 24.5 Å². The van der Waals surface area contributed by atoms with E-state index in [1.165, 1.54) is 0 Å². The third-order valence-electron chi connectivity index (χ3n) is 3.42. The van der Waals surface area contributed by atoms with Gasteiger partial charge in [-0.3, -0.25) is 4.79 Å². The summed E-state index contributed by atoms with van der Waals surface area (Å²) < 4.78 is 5.57. The van der Waals surface area contributed by atoms with Crippen molar-refractivity contribution in [1.29, 1.82) is 0 Å². The number of hydrogen-bond donors (Lipinski definition) is 1. The molecule has 2 N–H and O–H groups in total. The molecular formula is C17H22N2O2. The van der Waals surface area contributed by atoms with Gasteiger partial charge in [-0.05, 0) is 30.2 Å². The Hall–Kier alpha value is -2.23. The van der Waals surface area contributed by atoms with E-state index in [-0.39, 0.29) is 5.91 Å². The first-order chi connectivity index (χ1) is 10.2. The lowest BCUT2D eigenvalue weighted by Gasteiger charge is -2.22. The van der Waals surface area contributed by atoms with Crippen LogP contribution in [-0.4, -0.2) is 17.4 Å². The highest BCUT2D eigenvalue weighted by Gasteiger charge is 2.19. The number of nitrogens with zero attached hydrogens (tertiary/aromatic N) is 1. The zero-order chi connectivity index (χ0) is 15.2. The predicted molar refractivity (Wildman–Crippen MR) is 84.0 cm³/mol. The van der Waals surface area contributed by atoms with Crippen LogP contribution in [0.3, 0.4) is 0 Å². The normalized spacial score (nSPS) is 10.6. The Bertz CT molecular complexity index is 604. The summed E-state index contributed by atoms with van der Waals surface area (Å²) in [6.45, 7) is 5.23. The lowest BCUT2D eigenvalue weighted by Crippen LogP contribution is -2.31. The molecule has 4 heteroatoms. The minimum atomic E-state index is -0.0835. The third kappa shape index (κ3) is 3.66. The fourth-order valence-electron chi connectivity index (χ4n) is 2.24. The van der Waals surface area contributed by atoms with E-state index in [1.54, 1.807) is 11.0 Å². The van der Waals surface area contributed by atoms with Crippen LogP contribution in [0.4, 0.5) is 5.69 Å². The number of carbonyl (C=O) groups is 1. The van der Waals surface area contributed by atoms with Gasteiger partial charge in [-0.1, -0.05) is 32.0 Å². The lowest BCUT2D eigenvalue weighted by molar-refractivity contribution is 0.0709. The van der Waals surface area contributed by atoms with Gasteiger partial charge in [-0.25, -0.2) is 0 Å². The minimum Gasteiger partial charge on any atom is -0.456 e. The Morgan fingerprint density at radius 2 is 1.95 bits per heavy atom. The molecule has 0 bridgehead atoms. The van der Waals surface area contributed by atoms with Crippen LogP contribution >= 0.6 is 0 Å². The number of amides is 1. The molecule has 4 nitrogen and oxygen atoms in total. The van der Waals surface area contributed by atoms with Gasteiger partial charge in [0.15, 0.2) is 5.76 Å². The number of benzene rings is 1. The molecule has 2 rings (SSSR count). The number of hydrogen-bond acceptors (Lipinski definition) is 3. The van der Waals surface area contributed by atoms with Gasteiger partial charge in [-0.15, -0.1) is 0 Å². The molecule has 0 saturated heterocycles. The summed E-state index contributed by atoms with van der Waals surface area (Å²) in [4.78, 5) is 14.4. The highest BCUT2D eigenvalue weighted by Crippen LogP contribution is 2.17. The van der Waals surface area contributed by atoms with E-state index >= 15 is 0 Å². The standard InChI is InChI=1S/C17H22N2O2/c1-3-11-19(12-13-7-5-6-8-15(13)18)17(20)16-10-9-14(4-2)21-16/h5-10H,3-4,11-12,18H2,1-2H3. The lowest BCUT2D eigenvalue weighted by atomic mass is 10.1. The van der Waals surface area contributed by atoms with Crippen molar-refractivity contribution in [2.75, 3.05) is 12.3 Å². The second-order valence-electron chi connectivity index (χ2n) is 5.05. The predicted octanol–water partition coefficient (Wildman–Crippen LogP) is 3.48. The van der Waals surface area contributed by atoms with Crippen molar-refractivity contribution >= 4 is 11.6 Å². The Kier molecular flexibility index (Phi) is 5.04. The van der Waals surface area contributed by atoms with E-state index in [4.69, 9.17) is 10.2 Å². The molecule has 1 amide bonds. The van der Waals surface area contributed by atoms with Crippen molar-refractivity contribution in [3.63, 3.8) is 0 Å². The second kappa shape index (κ2) is 6.97. The first kappa shape index (κ1) is 15.2. The van der Waals surface area contributed by atoms with Gasteiger partial charge in [0.2, 0.25) is 0 Å². The summed E-state index contributed by atoms with van der Waals surface area (Å²) in [6.07, 6.45) is 1.67. The van der Waals surface area contributed by atoms with Gasteiger partial charge in [0, 0.05) is 25.2 Å². The SMILES string of the molecule is CCCN(Cc1ccccc1N)C(=O)c1ccc(CC)o1. The van der Waals surface area contributed by atoms with Crippen LogP contribution in [0.25, 0.3) is 0 Å². The zero-order valence-corrected chi connectivity index (χ0v) is 12.6. The molecule has 0 aliphatic rings. The van der Waals surface area contributed by atoms with Crippen LogP contribution in [0.5, 0.6) is 0 Å². The Morgan fingerprint density at radius 3 is 2.57 bits per heavy atom. The molecule has 0 radical (unpaired) electrons. The van der Waals surface area contributed by atoms with E-state index < -0.39 is 0 Å². The van der Waals surface area contributed by atoms with Crippen LogP contribution < -0.4 is 5.73 Å². The quantitative estimate of drug-likeness (QED) is 0.827. The molecule has 1 aromatic heterocycles. The van der Waals surface area contributed by atoms with E-state index in [0.717, 1.165) is 24.2 Å². The third-order valence-corrected chi connectivity index (χ3v) is 3.42. The maximum absolute atomic E-state index is 12.6. The van der Waals surface area contributed by atoms with Crippen molar-refractivity contribution in [2.24, 2.45) is 0 Å². The highest BCUT2D eigenvalue weighted by atomic mass is 16.4. The monoisotopic (exact) mass is 286 g/mol. The van der Waals surface area contributed by atoms with Crippen molar-refractivity contribution in [3.05, 3.63) is 53.5 Å². The summed E-state index contributed by atoms with van der Waals surface area (Å²) in [7, 11) is 0. The summed E-state index contributed by atoms with van der Waals surface area (Å²) in [5.41, 5.74) is 7.64. The summed E-state index contributed by atoms with van der Waals surface area (Å²) in [5, 5.41) is 0. The Labute approximate surface area is 125 Å². The first-order valence-electron chi connectivity index (χ1n) is 7.37. The maximum Gasteiger partial charge on any atom is 0.289 e. The molecular weight excluding hydrogens is 264 g/mol. The second-order valence-corrected chi connectivity index (χ2v) is 5.05. The number of rotatable bonds is 6. The average molecular weight is 286 g/mol. The summed E-state index contributed by atoms with van der Waals surface area (Å²) in [6, 6.07) is 11.2. The van der Waals surface area contributed by atoms with Gasteiger partial charge in [0.1, 0.15) is 5.76 Å². The topological polar surface area (TPSA) is 59.5 Å². The number of nitrogens with two attached hydrogens (primary N) is 1. The van der Waals surface area contributed by atoms with Gasteiger partial charge in [-0.2, -0.15) is 0 Å². The molecule has 1 heterocycles. The highest BCUT2D eigenvalue weighted by molar-refractivity contribution is 5.91. The molecule has 2 aromatic rings. The average Bonchev–Trinajstić information content (AvgIpc) is 2.97. The first-order valence-corrected chi connectivity index (χ1v) is 7.37. The fraction of sp³-hybridized carbons (Fsp3) is 0.353. The molecule has 0 saturated carbocycles. The van der Waals surface area contributed by atoms with Gasteiger partial charge < -0.3 is 15.1 Å². The minimum absolute atomic E-state index is 0.0835. The van der Waals surface area contributed by atoms with Crippen molar-refractivity contribution < 1.29 is 9.21 Å². The fourth-order valence-corrected chi connectivity index (χ4v) is 2.24. The molecule has 0 fully saturated rings. The molecule has 1 aromatic carbocycles. The van der Waals surface area contributed by atoms with E-state index in [2.05, 4.69) is 0 Å². The number of nitrogen functional groups attached to an aromatic ring is 1. The smallest absolute Gasteiger partial charge is 0.289 e. The van der Waals surface area contributed by atoms with Crippen LogP contribution in [0.1, 0.15) is 42.1 Å². The van der Waals surface area contributed by atoms with Crippen LogP contribution in [0, 0.1) is 0 Å². The molecule has 0 aliphatic heterocycles. The van der Waals surface area contributed by atoms with Gasteiger partial charge >= 0.3 is 0 Å². The maximum atomic E-state index is 12.6. The molecule has 0 spiro atoms. The number of anilines is 1. The number of aryl methyl sites for hydroxylation is 1. The van der Waals surface area contributed by atoms with E-state index in [9.17, 15) is 4.79 Å². The Balaban J connectivity index is 2.18. The van der Waals surface area contributed by atoms with Crippen LogP contribution in [-0.2, 0) is 13.0 Å². The van der Waals surface area contributed by atoms with E-state index in [1.807, 2.05) is 44.2 Å². The summed E-state index contributed by atoms with van der Waals surface area (Å²) in [5.74, 6) is 1.14. The molecule has 0 atom stereocenters. The van der Waals surface area contributed by atoms with Crippen molar-refractivity contribution in [1.82, 2.24) is 4.90 Å². The number of furan rings is 1. The molecule has 0 unspecified atom stereocenters. The number of para-hydroxylation sites is 1.